The van der Waals surface area contributed by atoms with E-state index in [1.807, 2.05) is 18.2 Å². The number of hydrogen-bond acceptors (Lipinski definition) is 3. The fourth-order valence-corrected chi connectivity index (χ4v) is 3.82. The van der Waals surface area contributed by atoms with Gasteiger partial charge in [0.15, 0.2) is 5.96 Å². The van der Waals surface area contributed by atoms with Crippen LogP contribution in [0.25, 0.3) is 0 Å². The molecular formula is C18H27ClN4O. The number of nitrogens with one attached hydrogen (secondary N) is 2. The van der Waals surface area contributed by atoms with E-state index in [0.717, 1.165) is 61.9 Å². The van der Waals surface area contributed by atoms with Gasteiger partial charge in [-0.3, -0.25) is 4.99 Å². The first-order valence-electron chi connectivity index (χ1n) is 8.78. The number of rotatable bonds is 4. The summed E-state index contributed by atoms with van der Waals surface area (Å²) in [6, 6.07) is 8.33. The maximum Gasteiger partial charge on any atom is 0.191 e. The number of guanidine groups is 1. The van der Waals surface area contributed by atoms with Crippen molar-refractivity contribution in [1.29, 1.82) is 0 Å². The SMILES string of the molecule is CN=C(NCC1(O)CCCC1)NC1CCN(c2cccc(Cl)c2)C1. The van der Waals surface area contributed by atoms with Crippen LogP contribution in [0.15, 0.2) is 29.3 Å². The van der Waals surface area contributed by atoms with Crippen LogP contribution in [0, 0.1) is 0 Å². The third-order valence-electron chi connectivity index (χ3n) is 5.05. The number of hydrogen-bond donors (Lipinski definition) is 3. The largest absolute Gasteiger partial charge is 0.388 e. The lowest BCUT2D eigenvalue weighted by Crippen LogP contribution is -2.49. The predicted octanol–water partition coefficient (Wildman–Crippen LogP) is 2.39. The van der Waals surface area contributed by atoms with Gasteiger partial charge in [0, 0.05) is 43.4 Å². The summed E-state index contributed by atoms with van der Waals surface area (Å²) in [6.45, 7) is 2.49. The van der Waals surface area contributed by atoms with Gasteiger partial charge in [-0.15, -0.1) is 0 Å². The first-order chi connectivity index (χ1) is 11.6. The van der Waals surface area contributed by atoms with Crippen molar-refractivity contribution in [2.24, 2.45) is 4.99 Å². The normalized spacial score (nSPS) is 23.5. The van der Waals surface area contributed by atoms with Gasteiger partial charge in [0.05, 0.1) is 5.60 Å². The van der Waals surface area contributed by atoms with Crippen molar-refractivity contribution in [2.75, 3.05) is 31.6 Å². The third-order valence-corrected chi connectivity index (χ3v) is 5.28. The zero-order valence-corrected chi connectivity index (χ0v) is 15.0. The fraction of sp³-hybridized carbons (Fsp3) is 0.611. The maximum atomic E-state index is 10.4. The molecule has 0 bridgehead atoms. The lowest BCUT2D eigenvalue weighted by molar-refractivity contribution is 0.0521. The number of halogens is 1. The molecule has 1 saturated heterocycles. The first kappa shape index (κ1) is 17.4. The lowest BCUT2D eigenvalue weighted by Gasteiger charge is -2.25. The highest BCUT2D eigenvalue weighted by molar-refractivity contribution is 6.30. The minimum atomic E-state index is -0.569. The Kier molecular flexibility index (Phi) is 5.51. The Balaban J connectivity index is 1.50. The molecule has 1 unspecified atom stereocenters. The molecule has 1 aliphatic heterocycles. The lowest BCUT2D eigenvalue weighted by atomic mass is 10.0. The third kappa shape index (κ3) is 4.33. The number of nitrogens with zero attached hydrogens (tertiary/aromatic N) is 2. The Hall–Kier alpha value is -1.46. The molecular weight excluding hydrogens is 324 g/mol. The molecule has 0 spiro atoms. The molecule has 3 N–H and O–H groups in total. The summed E-state index contributed by atoms with van der Waals surface area (Å²) in [7, 11) is 1.78. The molecule has 1 heterocycles. The highest BCUT2D eigenvalue weighted by Gasteiger charge is 2.31. The highest BCUT2D eigenvalue weighted by atomic mass is 35.5. The molecule has 1 aromatic rings. The molecule has 5 nitrogen and oxygen atoms in total. The van der Waals surface area contributed by atoms with Crippen LogP contribution >= 0.6 is 11.6 Å². The second-order valence-corrected chi connectivity index (χ2v) is 7.35. The van der Waals surface area contributed by atoms with Crippen LogP contribution in [-0.4, -0.2) is 49.4 Å². The van der Waals surface area contributed by atoms with E-state index in [1.165, 1.54) is 0 Å². The summed E-state index contributed by atoms with van der Waals surface area (Å²) in [6.07, 6.45) is 5.03. The van der Waals surface area contributed by atoms with E-state index >= 15 is 0 Å². The standard InChI is InChI=1S/C18H27ClN4O/c1-20-17(21-13-18(24)8-2-3-9-18)22-15-7-10-23(12-15)16-6-4-5-14(19)11-16/h4-6,11,15,24H,2-3,7-10,12-13H2,1H3,(H2,20,21,22). The van der Waals surface area contributed by atoms with Gasteiger partial charge in [-0.1, -0.05) is 30.5 Å². The van der Waals surface area contributed by atoms with Crippen LogP contribution < -0.4 is 15.5 Å². The molecule has 2 fully saturated rings. The van der Waals surface area contributed by atoms with E-state index in [0.29, 0.717) is 12.6 Å². The molecule has 1 aromatic carbocycles. The smallest absolute Gasteiger partial charge is 0.191 e. The van der Waals surface area contributed by atoms with Gasteiger partial charge in [-0.25, -0.2) is 0 Å². The summed E-state index contributed by atoms with van der Waals surface area (Å²) in [4.78, 5) is 6.63. The van der Waals surface area contributed by atoms with E-state index in [2.05, 4.69) is 26.6 Å². The second kappa shape index (κ2) is 7.62. The average molecular weight is 351 g/mol. The number of anilines is 1. The molecule has 6 heteroatoms. The van der Waals surface area contributed by atoms with Gasteiger partial charge in [0.25, 0.3) is 0 Å². The molecule has 1 aliphatic carbocycles. The summed E-state index contributed by atoms with van der Waals surface area (Å²) < 4.78 is 0. The molecule has 0 amide bonds. The Bertz CT molecular complexity index is 586. The van der Waals surface area contributed by atoms with Crippen molar-refractivity contribution < 1.29 is 5.11 Å². The summed E-state index contributed by atoms with van der Waals surface area (Å²) in [5, 5.41) is 18.0. The van der Waals surface area contributed by atoms with Crippen molar-refractivity contribution in [3.8, 4) is 0 Å². The van der Waals surface area contributed by atoms with Crippen LogP contribution in [0.3, 0.4) is 0 Å². The molecule has 132 valence electrons. The topological polar surface area (TPSA) is 59.9 Å². The van der Waals surface area contributed by atoms with Gasteiger partial charge in [0.2, 0.25) is 0 Å². The zero-order valence-electron chi connectivity index (χ0n) is 14.3. The summed E-state index contributed by atoms with van der Waals surface area (Å²) >= 11 is 6.09. The van der Waals surface area contributed by atoms with Gasteiger partial charge in [-0.2, -0.15) is 0 Å². The van der Waals surface area contributed by atoms with Crippen molar-refractivity contribution in [2.45, 2.75) is 43.7 Å². The monoisotopic (exact) mass is 350 g/mol. The van der Waals surface area contributed by atoms with E-state index < -0.39 is 5.60 Å². The van der Waals surface area contributed by atoms with Crippen molar-refractivity contribution in [3.05, 3.63) is 29.3 Å². The van der Waals surface area contributed by atoms with Gasteiger partial charge >= 0.3 is 0 Å². The number of aliphatic hydroxyl groups is 1. The maximum absolute atomic E-state index is 10.4. The number of aliphatic imine (C=N–C) groups is 1. The van der Waals surface area contributed by atoms with Gasteiger partial charge in [0.1, 0.15) is 0 Å². The molecule has 2 aliphatic rings. The van der Waals surface area contributed by atoms with Crippen molar-refractivity contribution >= 4 is 23.2 Å². The number of benzene rings is 1. The molecule has 3 rings (SSSR count). The Morgan fingerprint density at radius 1 is 1.42 bits per heavy atom. The van der Waals surface area contributed by atoms with Crippen LogP contribution in [0.4, 0.5) is 5.69 Å². The Morgan fingerprint density at radius 3 is 2.92 bits per heavy atom. The first-order valence-corrected chi connectivity index (χ1v) is 9.16. The van der Waals surface area contributed by atoms with Crippen LogP contribution in [0.5, 0.6) is 0 Å². The fourth-order valence-electron chi connectivity index (χ4n) is 3.63. The van der Waals surface area contributed by atoms with Crippen molar-refractivity contribution in [3.63, 3.8) is 0 Å². The van der Waals surface area contributed by atoms with Crippen LogP contribution in [-0.2, 0) is 0 Å². The van der Waals surface area contributed by atoms with Crippen LogP contribution in [0.1, 0.15) is 32.1 Å². The van der Waals surface area contributed by atoms with E-state index in [9.17, 15) is 5.11 Å². The van der Waals surface area contributed by atoms with E-state index in [1.54, 1.807) is 7.05 Å². The minimum Gasteiger partial charge on any atom is -0.388 e. The molecule has 0 radical (unpaired) electrons. The molecule has 1 atom stereocenters. The molecule has 0 aromatic heterocycles. The van der Waals surface area contributed by atoms with Gasteiger partial charge in [-0.05, 0) is 37.5 Å². The van der Waals surface area contributed by atoms with Crippen molar-refractivity contribution in [1.82, 2.24) is 10.6 Å². The minimum absolute atomic E-state index is 0.341. The molecule has 24 heavy (non-hydrogen) atoms. The highest BCUT2D eigenvalue weighted by Crippen LogP contribution is 2.28. The zero-order chi connectivity index (χ0) is 17.0. The van der Waals surface area contributed by atoms with E-state index in [-0.39, 0.29) is 0 Å². The van der Waals surface area contributed by atoms with E-state index in [4.69, 9.17) is 11.6 Å². The summed E-state index contributed by atoms with van der Waals surface area (Å²) in [5.41, 5.74) is 0.593. The predicted molar refractivity (Wildman–Crippen MR) is 100.0 cm³/mol. The average Bonchev–Trinajstić information content (AvgIpc) is 3.21. The summed E-state index contributed by atoms with van der Waals surface area (Å²) in [5.74, 6) is 0.772. The van der Waals surface area contributed by atoms with Gasteiger partial charge < -0.3 is 20.6 Å². The second-order valence-electron chi connectivity index (χ2n) is 6.91. The Morgan fingerprint density at radius 2 is 2.21 bits per heavy atom. The molecule has 1 saturated carbocycles. The van der Waals surface area contributed by atoms with Crippen LogP contribution in [0.2, 0.25) is 5.02 Å². The Labute approximate surface area is 149 Å². The quantitative estimate of drug-likeness (QED) is 0.576.